The molecule has 2 aromatic rings. The van der Waals surface area contributed by atoms with Gasteiger partial charge in [0.1, 0.15) is 23.4 Å². The van der Waals surface area contributed by atoms with Crippen LogP contribution >= 0.6 is 23.4 Å². The molecule has 0 aliphatic carbocycles. The number of hydrogen-bond donors (Lipinski definition) is 2. The van der Waals surface area contributed by atoms with Crippen LogP contribution in [0.2, 0.25) is 5.02 Å². The predicted octanol–water partition coefficient (Wildman–Crippen LogP) is 3.31. The first-order valence-corrected chi connectivity index (χ1v) is 10.8. The fourth-order valence-corrected chi connectivity index (χ4v) is 4.44. The topological polar surface area (TPSA) is 103 Å². The van der Waals surface area contributed by atoms with E-state index in [-0.39, 0.29) is 17.6 Å². The lowest BCUT2D eigenvalue weighted by molar-refractivity contribution is -0.118. The summed E-state index contributed by atoms with van der Waals surface area (Å²) in [7, 11) is 3.20. The average Bonchev–Trinajstić information content (AvgIpc) is 3.33. The third kappa shape index (κ3) is 4.53. The van der Waals surface area contributed by atoms with Gasteiger partial charge in [0.15, 0.2) is 0 Å². The first-order chi connectivity index (χ1) is 15.4. The Kier molecular flexibility index (Phi) is 6.29. The average molecular weight is 475 g/mol. The summed E-state index contributed by atoms with van der Waals surface area (Å²) in [6.07, 6.45) is 1.33. The maximum absolute atomic E-state index is 12.1. The lowest BCUT2D eigenvalue weighted by atomic mass is 9.99. The van der Waals surface area contributed by atoms with Crippen molar-refractivity contribution in [1.29, 1.82) is 0 Å². The molecule has 2 aromatic carbocycles. The minimum Gasteiger partial charge on any atom is -0.497 e. The van der Waals surface area contributed by atoms with E-state index in [1.165, 1.54) is 0 Å². The molecule has 0 saturated carbocycles. The fraction of sp³-hybridized carbons (Fsp3) is 0.227. The zero-order valence-electron chi connectivity index (χ0n) is 17.2. The Morgan fingerprint density at radius 1 is 1.28 bits per heavy atom. The lowest BCUT2D eigenvalue weighted by Crippen LogP contribution is -2.33. The monoisotopic (exact) mass is 474 g/mol. The molecule has 3 amide bonds. The third-order valence-corrected chi connectivity index (χ3v) is 6.07. The fourth-order valence-electron chi connectivity index (χ4n) is 3.50. The second-order valence-electron chi connectivity index (χ2n) is 7.05. The molecule has 2 N–H and O–H groups in total. The molecule has 2 heterocycles. The number of halogens is 1. The zero-order chi connectivity index (χ0) is 22.8. The molecule has 32 heavy (non-hydrogen) atoms. The number of carbonyl (C=O) groups is 3. The molecule has 2 aliphatic rings. The summed E-state index contributed by atoms with van der Waals surface area (Å²) in [6, 6.07) is 9.30. The van der Waals surface area contributed by atoms with Gasteiger partial charge >= 0.3 is 0 Å². The van der Waals surface area contributed by atoms with Gasteiger partial charge in [0.25, 0.3) is 11.1 Å². The molecule has 1 fully saturated rings. The van der Waals surface area contributed by atoms with Crippen LogP contribution in [0.1, 0.15) is 5.56 Å². The van der Waals surface area contributed by atoms with Crippen molar-refractivity contribution >= 4 is 40.4 Å². The second-order valence-corrected chi connectivity index (χ2v) is 8.48. The quantitative estimate of drug-likeness (QED) is 0.619. The number of benzene rings is 2. The van der Waals surface area contributed by atoms with E-state index >= 15 is 0 Å². The van der Waals surface area contributed by atoms with Gasteiger partial charge in [0.2, 0.25) is 5.91 Å². The SMILES string of the molecule is COc1ccc(OC)c(-c2cc(Cl)c3c(c2)C[C@@H](CNC(=O)/C=C2\SC(=O)NC2=O)O3)c1. The molecule has 0 radical (unpaired) electrons. The zero-order valence-corrected chi connectivity index (χ0v) is 18.8. The highest BCUT2D eigenvalue weighted by atomic mass is 35.5. The van der Waals surface area contributed by atoms with Gasteiger partial charge in [-0.15, -0.1) is 0 Å². The molecule has 0 unspecified atom stereocenters. The molecule has 0 bridgehead atoms. The van der Waals surface area contributed by atoms with Gasteiger partial charge in [0.05, 0.1) is 30.7 Å². The van der Waals surface area contributed by atoms with Gasteiger partial charge in [-0.25, -0.2) is 0 Å². The van der Waals surface area contributed by atoms with Crippen LogP contribution in [0, 0.1) is 0 Å². The third-order valence-electron chi connectivity index (χ3n) is 4.98. The minimum atomic E-state index is -0.577. The summed E-state index contributed by atoms with van der Waals surface area (Å²) in [5, 5.41) is 4.75. The Morgan fingerprint density at radius 3 is 2.78 bits per heavy atom. The summed E-state index contributed by atoms with van der Waals surface area (Å²) in [5.41, 5.74) is 2.60. The second kappa shape index (κ2) is 9.13. The van der Waals surface area contributed by atoms with Crippen LogP contribution in [0.3, 0.4) is 0 Å². The van der Waals surface area contributed by atoms with E-state index in [1.807, 2.05) is 24.3 Å². The lowest BCUT2D eigenvalue weighted by Gasteiger charge is -2.13. The van der Waals surface area contributed by atoms with Crippen LogP contribution in [-0.4, -0.2) is 43.9 Å². The normalized spacial score (nSPS) is 18.2. The summed E-state index contributed by atoms with van der Waals surface area (Å²) >= 11 is 7.18. The maximum Gasteiger partial charge on any atom is 0.290 e. The highest BCUT2D eigenvalue weighted by Gasteiger charge is 2.28. The van der Waals surface area contributed by atoms with Crippen molar-refractivity contribution in [3.8, 4) is 28.4 Å². The van der Waals surface area contributed by atoms with Gasteiger partial charge in [-0.1, -0.05) is 11.6 Å². The number of methoxy groups -OCH3 is 2. The molecule has 10 heteroatoms. The number of fused-ring (bicyclic) bond motifs is 1. The van der Waals surface area contributed by atoms with Crippen molar-refractivity contribution in [2.75, 3.05) is 20.8 Å². The number of carbonyl (C=O) groups excluding carboxylic acids is 3. The Morgan fingerprint density at radius 2 is 2.09 bits per heavy atom. The van der Waals surface area contributed by atoms with Gasteiger partial charge in [-0.2, -0.15) is 0 Å². The van der Waals surface area contributed by atoms with Crippen LogP contribution in [0.15, 0.2) is 41.3 Å². The summed E-state index contributed by atoms with van der Waals surface area (Å²) < 4.78 is 16.7. The molecule has 1 atom stereocenters. The first kappa shape index (κ1) is 22.0. The van der Waals surface area contributed by atoms with Crippen LogP contribution in [0.25, 0.3) is 11.1 Å². The van der Waals surface area contributed by atoms with E-state index in [4.69, 9.17) is 25.8 Å². The van der Waals surface area contributed by atoms with Crippen LogP contribution in [0.5, 0.6) is 17.2 Å². The van der Waals surface area contributed by atoms with Crippen molar-refractivity contribution < 1.29 is 28.6 Å². The maximum atomic E-state index is 12.1. The number of ether oxygens (including phenoxy) is 3. The van der Waals surface area contributed by atoms with E-state index in [1.54, 1.807) is 20.3 Å². The van der Waals surface area contributed by atoms with Crippen LogP contribution in [0.4, 0.5) is 4.79 Å². The summed E-state index contributed by atoms with van der Waals surface area (Å²) in [4.78, 5) is 34.9. The largest absolute Gasteiger partial charge is 0.497 e. The highest BCUT2D eigenvalue weighted by molar-refractivity contribution is 8.18. The number of rotatable bonds is 6. The number of amides is 3. The molecule has 166 valence electrons. The number of imide groups is 1. The first-order valence-electron chi connectivity index (χ1n) is 9.62. The van der Waals surface area contributed by atoms with E-state index in [0.717, 1.165) is 22.8 Å². The molecule has 8 nitrogen and oxygen atoms in total. The molecule has 1 saturated heterocycles. The van der Waals surface area contributed by atoms with Gasteiger partial charge in [-0.3, -0.25) is 19.7 Å². The van der Waals surface area contributed by atoms with Crippen molar-refractivity contribution in [3.63, 3.8) is 0 Å². The molecular formula is C22H19ClN2O6S. The molecule has 0 aromatic heterocycles. The summed E-state index contributed by atoms with van der Waals surface area (Å²) in [6.45, 7) is 0.214. The van der Waals surface area contributed by atoms with E-state index < -0.39 is 17.1 Å². The number of thioether (sulfide) groups is 1. The van der Waals surface area contributed by atoms with E-state index in [0.29, 0.717) is 40.5 Å². The number of hydrogen-bond acceptors (Lipinski definition) is 7. The smallest absolute Gasteiger partial charge is 0.290 e. The van der Waals surface area contributed by atoms with Crippen molar-refractivity contribution in [3.05, 3.63) is 51.9 Å². The Hall–Kier alpha value is -3.17. The Bertz CT molecular complexity index is 1150. The van der Waals surface area contributed by atoms with Gasteiger partial charge in [0, 0.05) is 23.6 Å². The van der Waals surface area contributed by atoms with E-state index in [9.17, 15) is 14.4 Å². The molecule has 4 rings (SSSR count). The van der Waals surface area contributed by atoms with Crippen LogP contribution < -0.4 is 24.8 Å². The van der Waals surface area contributed by atoms with Crippen molar-refractivity contribution in [2.24, 2.45) is 0 Å². The van der Waals surface area contributed by atoms with Crippen LogP contribution in [-0.2, 0) is 16.0 Å². The Balaban J connectivity index is 1.47. The summed E-state index contributed by atoms with van der Waals surface area (Å²) in [5.74, 6) is 0.895. The highest BCUT2D eigenvalue weighted by Crippen LogP contribution is 2.42. The molecule has 0 spiro atoms. The minimum absolute atomic E-state index is 0.0584. The molecular weight excluding hydrogens is 456 g/mol. The Labute approximate surface area is 193 Å². The molecule has 2 aliphatic heterocycles. The van der Waals surface area contributed by atoms with E-state index in [2.05, 4.69) is 10.6 Å². The number of nitrogens with one attached hydrogen (secondary N) is 2. The van der Waals surface area contributed by atoms with Crippen molar-refractivity contribution in [1.82, 2.24) is 10.6 Å². The van der Waals surface area contributed by atoms with Gasteiger partial charge < -0.3 is 19.5 Å². The van der Waals surface area contributed by atoms with Gasteiger partial charge in [-0.05, 0) is 47.7 Å². The van der Waals surface area contributed by atoms with Crippen molar-refractivity contribution in [2.45, 2.75) is 12.5 Å². The predicted molar refractivity (Wildman–Crippen MR) is 120 cm³/mol. The standard InChI is InChI=1S/C22H19ClN2O6S/c1-29-13-3-4-17(30-2)15(8-13)11-5-12-6-14(31-20(12)16(23)7-11)10-24-19(26)9-18-21(27)25-22(28)32-18/h3-5,7-9,14H,6,10H2,1-2H3,(H,24,26)(H,25,27,28)/b18-9-/t14-/m0/s1.